The predicted octanol–water partition coefficient (Wildman–Crippen LogP) is 7.01. The van der Waals surface area contributed by atoms with Crippen molar-refractivity contribution in [1.29, 1.82) is 0 Å². The molecule has 10 heteroatoms. The standard InChI is InChI=1S/C20H27NO3Si.C15H25NO3Si/c1-22-25(23-2,24-3)16-14-19-9-11-20(12-10-19)17-21-15-13-18-7-5-4-6-8-18;1-5-11-16-13-15-8-6-14(7-9-15)10-12-20(17-2,18-3)19-4/h4-12,15H,13-14,16-17H2,1-3H3;6-9,11H,5,10,12-13H2,1-4H3. The van der Waals surface area contributed by atoms with E-state index in [1.807, 2.05) is 18.5 Å². The zero-order valence-corrected chi connectivity index (χ0v) is 30.2. The maximum Gasteiger partial charge on any atom is 0.500 e. The van der Waals surface area contributed by atoms with Crippen LogP contribution in [-0.4, -0.2) is 72.7 Å². The summed E-state index contributed by atoms with van der Waals surface area (Å²) in [5.41, 5.74) is 6.23. The molecule has 8 nitrogen and oxygen atoms in total. The monoisotopic (exact) mass is 652 g/mol. The average molecular weight is 653 g/mol. The van der Waals surface area contributed by atoms with Crippen molar-refractivity contribution in [3.8, 4) is 0 Å². The first-order valence-electron chi connectivity index (χ1n) is 15.4. The van der Waals surface area contributed by atoms with E-state index in [0.29, 0.717) is 6.54 Å². The quantitative estimate of drug-likeness (QED) is 0.102. The van der Waals surface area contributed by atoms with Gasteiger partial charge in [0.05, 0.1) is 13.1 Å². The van der Waals surface area contributed by atoms with Gasteiger partial charge >= 0.3 is 17.6 Å². The second-order valence-electron chi connectivity index (χ2n) is 10.4. The van der Waals surface area contributed by atoms with Crippen molar-refractivity contribution < 1.29 is 26.6 Å². The first kappa shape index (κ1) is 38.4. The minimum Gasteiger partial charge on any atom is -0.377 e. The number of benzene rings is 3. The molecule has 0 bridgehead atoms. The van der Waals surface area contributed by atoms with Crippen LogP contribution in [0.4, 0.5) is 0 Å². The topological polar surface area (TPSA) is 80.1 Å². The van der Waals surface area contributed by atoms with E-state index in [4.69, 9.17) is 26.6 Å². The minimum atomic E-state index is -2.50. The van der Waals surface area contributed by atoms with E-state index in [0.717, 1.165) is 44.3 Å². The average Bonchev–Trinajstić information content (AvgIpc) is 3.10. The van der Waals surface area contributed by atoms with E-state index in [1.54, 1.807) is 42.7 Å². The molecule has 246 valence electrons. The molecule has 0 aliphatic rings. The summed E-state index contributed by atoms with van der Waals surface area (Å²) in [5, 5.41) is 0. The molecule has 0 saturated carbocycles. The Kier molecular flexibility index (Phi) is 18.6. The van der Waals surface area contributed by atoms with Gasteiger partial charge in [0.25, 0.3) is 0 Å². The number of rotatable bonds is 19. The van der Waals surface area contributed by atoms with Crippen molar-refractivity contribution in [2.24, 2.45) is 9.98 Å². The van der Waals surface area contributed by atoms with Gasteiger partial charge in [0.2, 0.25) is 0 Å². The first-order chi connectivity index (χ1) is 21.9. The van der Waals surface area contributed by atoms with Gasteiger partial charge in [-0.2, -0.15) is 0 Å². The molecule has 0 spiro atoms. The molecule has 0 atom stereocenters. The summed E-state index contributed by atoms with van der Waals surface area (Å²) in [6.45, 7) is 3.55. The van der Waals surface area contributed by atoms with Crippen LogP contribution < -0.4 is 0 Å². The van der Waals surface area contributed by atoms with Crippen LogP contribution in [0.25, 0.3) is 0 Å². The Labute approximate surface area is 273 Å². The normalized spacial score (nSPS) is 12.1. The molecule has 0 saturated heterocycles. The first-order valence-corrected chi connectivity index (χ1v) is 19.2. The van der Waals surface area contributed by atoms with Crippen LogP contribution in [0.5, 0.6) is 0 Å². The van der Waals surface area contributed by atoms with Crippen LogP contribution in [0.3, 0.4) is 0 Å². The van der Waals surface area contributed by atoms with Gasteiger partial charge in [-0.25, -0.2) is 0 Å². The largest absolute Gasteiger partial charge is 0.500 e. The Balaban J connectivity index is 0.000000322. The Hall–Kier alpha value is -2.81. The lowest BCUT2D eigenvalue weighted by molar-refractivity contribution is 0.123. The molecule has 0 amide bonds. The van der Waals surface area contributed by atoms with Crippen molar-refractivity contribution in [3.63, 3.8) is 0 Å². The molecule has 0 unspecified atom stereocenters. The number of hydrogen-bond donors (Lipinski definition) is 0. The summed E-state index contributed by atoms with van der Waals surface area (Å²) in [6, 6.07) is 29.0. The Bertz CT molecular complexity index is 1220. The van der Waals surface area contributed by atoms with E-state index >= 15 is 0 Å². The highest BCUT2D eigenvalue weighted by molar-refractivity contribution is 6.60. The maximum absolute atomic E-state index is 5.46. The van der Waals surface area contributed by atoms with Crippen molar-refractivity contribution >= 4 is 30.0 Å². The number of aryl methyl sites for hydroxylation is 2. The Morgan fingerprint density at radius 3 is 1.24 bits per heavy atom. The van der Waals surface area contributed by atoms with E-state index < -0.39 is 17.6 Å². The van der Waals surface area contributed by atoms with Gasteiger partial charge in [0.15, 0.2) is 0 Å². The third-order valence-corrected chi connectivity index (χ3v) is 13.0. The van der Waals surface area contributed by atoms with Crippen LogP contribution >= 0.6 is 0 Å². The lowest BCUT2D eigenvalue weighted by Gasteiger charge is -2.24. The fraction of sp³-hybridized carbons (Fsp3) is 0.429. The van der Waals surface area contributed by atoms with Crippen molar-refractivity contribution in [2.45, 2.75) is 57.8 Å². The molecule has 0 aromatic heterocycles. The molecule has 0 aliphatic heterocycles. The number of aliphatic imine (C=N–C) groups is 2. The minimum absolute atomic E-state index is 0.708. The number of nitrogens with zero attached hydrogens (tertiary/aromatic N) is 2. The maximum atomic E-state index is 5.46. The molecule has 45 heavy (non-hydrogen) atoms. The molecule has 3 aromatic rings. The highest BCUT2D eigenvalue weighted by Gasteiger charge is 2.37. The predicted molar refractivity (Wildman–Crippen MR) is 188 cm³/mol. The van der Waals surface area contributed by atoms with Gasteiger partial charge in [-0.15, -0.1) is 0 Å². The molecular weight excluding hydrogens is 601 g/mol. The summed E-state index contributed by atoms with van der Waals surface area (Å²) >= 11 is 0. The molecule has 0 heterocycles. The van der Waals surface area contributed by atoms with Crippen LogP contribution in [-0.2, 0) is 58.9 Å². The van der Waals surface area contributed by atoms with E-state index in [1.165, 1.54) is 27.8 Å². The molecule has 3 rings (SSSR count). The summed E-state index contributed by atoms with van der Waals surface area (Å²) in [6.07, 6.45) is 7.55. The van der Waals surface area contributed by atoms with Crippen LogP contribution in [0.1, 0.15) is 41.2 Å². The zero-order valence-electron chi connectivity index (χ0n) is 28.2. The Morgan fingerprint density at radius 1 is 0.489 bits per heavy atom. The van der Waals surface area contributed by atoms with Gasteiger partial charge in [0, 0.05) is 67.4 Å². The van der Waals surface area contributed by atoms with Gasteiger partial charge in [-0.05, 0) is 53.3 Å². The summed E-state index contributed by atoms with van der Waals surface area (Å²) < 4.78 is 32.6. The van der Waals surface area contributed by atoms with Crippen molar-refractivity contribution in [3.05, 3.63) is 107 Å². The van der Waals surface area contributed by atoms with Gasteiger partial charge < -0.3 is 26.6 Å². The SMILES string of the molecule is CCC=NCc1ccc(CC[Si](OC)(OC)OC)cc1.CO[Si](CCc1ccc(CN=CCc2ccccc2)cc1)(OC)OC. The fourth-order valence-electron chi connectivity index (χ4n) is 4.58. The van der Waals surface area contributed by atoms with Gasteiger partial charge in [-0.3, -0.25) is 9.98 Å². The lowest BCUT2D eigenvalue weighted by atomic mass is 10.1. The summed E-state index contributed by atoms with van der Waals surface area (Å²) in [4.78, 5) is 8.85. The Morgan fingerprint density at radius 2 is 0.867 bits per heavy atom. The fourth-order valence-corrected chi connectivity index (χ4v) is 8.00. The van der Waals surface area contributed by atoms with E-state index in [9.17, 15) is 0 Å². The third-order valence-electron chi connectivity index (χ3n) is 7.51. The van der Waals surface area contributed by atoms with Gasteiger partial charge in [0.1, 0.15) is 0 Å². The molecule has 0 N–H and O–H groups in total. The molecule has 0 aliphatic carbocycles. The second-order valence-corrected chi connectivity index (χ2v) is 16.5. The van der Waals surface area contributed by atoms with E-state index in [-0.39, 0.29) is 0 Å². The van der Waals surface area contributed by atoms with Crippen molar-refractivity contribution in [2.75, 3.05) is 42.7 Å². The molecule has 0 fully saturated rings. The summed E-state index contributed by atoms with van der Waals surface area (Å²) in [7, 11) is 4.93. The van der Waals surface area contributed by atoms with Crippen LogP contribution in [0, 0.1) is 0 Å². The van der Waals surface area contributed by atoms with Crippen LogP contribution in [0.2, 0.25) is 12.1 Å². The number of hydrogen-bond acceptors (Lipinski definition) is 8. The van der Waals surface area contributed by atoms with E-state index in [2.05, 4.69) is 89.7 Å². The van der Waals surface area contributed by atoms with Crippen LogP contribution in [0.15, 0.2) is 88.8 Å². The second kappa shape index (κ2) is 21.8. The van der Waals surface area contributed by atoms with Gasteiger partial charge in [-0.1, -0.05) is 85.8 Å². The zero-order chi connectivity index (χ0) is 32.8. The highest BCUT2D eigenvalue weighted by Crippen LogP contribution is 2.18. The lowest BCUT2D eigenvalue weighted by Crippen LogP contribution is -2.43. The smallest absolute Gasteiger partial charge is 0.377 e. The molecular formula is C35H52N2O6Si2. The third kappa shape index (κ3) is 14.0. The molecule has 3 aromatic carbocycles. The highest BCUT2D eigenvalue weighted by atomic mass is 28.4. The molecule has 0 radical (unpaired) electrons. The van der Waals surface area contributed by atoms with Crippen molar-refractivity contribution in [1.82, 2.24) is 0 Å². The summed E-state index contributed by atoms with van der Waals surface area (Å²) in [5.74, 6) is 0.